The number of hydrogen-bond donors (Lipinski definition) is 2. The normalized spacial score (nSPS) is 16.2. The lowest BCUT2D eigenvalue weighted by Gasteiger charge is -2.26. The van der Waals surface area contributed by atoms with Crippen molar-refractivity contribution in [2.75, 3.05) is 39.4 Å². The Morgan fingerprint density at radius 2 is 2.00 bits per heavy atom. The maximum atomic E-state index is 5.91. The number of hydrogen-bond acceptors (Lipinski definition) is 4. The van der Waals surface area contributed by atoms with Gasteiger partial charge in [-0.1, -0.05) is 30.7 Å². The Hall–Kier alpha value is -1.21. The third kappa shape index (κ3) is 6.43. The molecule has 0 saturated carbocycles. The van der Waals surface area contributed by atoms with E-state index < -0.39 is 0 Å². The van der Waals surface area contributed by atoms with E-state index in [1.807, 2.05) is 24.3 Å². The zero-order valence-corrected chi connectivity index (χ0v) is 14.9. The molecule has 0 bridgehead atoms. The second-order valence-corrected chi connectivity index (χ2v) is 6.09. The van der Waals surface area contributed by atoms with E-state index in [0.29, 0.717) is 5.11 Å². The lowest BCUT2D eigenvalue weighted by Crippen LogP contribution is -2.43. The van der Waals surface area contributed by atoms with Crippen LogP contribution in [0.2, 0.25) is 5.02 Å². The first-order chi connectivity index (χ1) is 11.2. The lowest BCUT2D eigenvalue weighted by atomic mass is 10.1. The smallest absolute Gasteiger partial charge is 0.187 e. The Bertz CT molecular complexity index is 529. The van der Waals surface area contributed by atoms with Crippen molar-refractivity contribution in [2.24, 2.45) is 5.10 Å². The molecule has 0 atom stereocenters. The molecule has 0 aliphatic carbocycles. The molecule has 2 rings (SSSR count). The van der Waals surface area contributed by atoms with E-state index >= 15 is 0 Å². The summed E-state index contributed by atoms with van der Waals surface area (Å²) in [4.78, 5) is 2.35. The van der Waals surface area contributed by atoms with Crippen molar-refractivity contribution < 1.29 is 4.74 Å². The minimum atomic E-state index is 0.540. The molecule has 1 aliphatic rings. The summed E-state index contributed by atoms with van der Waals surface area (Å²) in [6.07, 6.45) is 0.811. The monoisotopic (exact) mass is 354 g/mol. The van der Waals surface area contributed by atoms with E-state index in [1.54, 1.807) is 0 Å². The van der Waals surface area contributed by atoms with Crippen LogP contribution in [-0.2, 0) is 4.74 Å². The van der Waals surface area contributed by atoms with Crippen LogP contribution in [-0.4, -0.2) is 55.1 Å². The van der Waals surface area contributed by atoms with E-state index in [2.05, 4.69) is 27.7 Å². The van der Waals surface area contributed by atoms with Gasteiger partial charge in [0.15, 0.2) is 5.11 Å². The highest BCUT2D eigenvalue weighted by molar-refractivity contribution is 7.80. The van der Waals surface area contributed by atoms with Crippen LogP contribution in [0.5, 0.6) is 0 Å². The molecule has 1 fully saturated rings. The Morgan fingerprint density at radius 1 is 1.30 bits per heavy atom. The maximum Gasteiger partial charge on any atom is 0.187 e. The largest absolute Gasteiger partial charge is 0.379 e. The fraction of sp³-hybridized carbons (Fsp3) is 0.500. The molecule has 126 valence electrons. The number of morpholine rings is 1. The third-order valence-electron chi connectivity index (χ3n) is 3.62. The number of nitrogens with one attached hydrogen (secondary N) is 2. The summed E-state index contributed by atoms with van der Waals surface area (Å²) in [5, 5.41) is 8.83. The van der Waals surface area contributed by atoms with Crippen molar-refractivity contribution >= 4 is 34.6 Å². The fourth-order valence-electron chi connectivity index (χ4n) is 2.30. The Morgan fingerprint density at radius 3 is 2.65 bits per heavy atom. The van der Waals surface area contributed by atoms with Gasteiger partial charge in [-0.2, -0.15) is 5.10 Å². The molecule has 0 radical (unpaired) electrons. The van der Waals surface area contributed by atoms with Crippen LogP contribution in [0.15, 0.2) is 29.4 Å². The summed E-state index contributed by atoms with van der Waals surface area (Å²) in [5.41, 5.74) is 4.90. The summed E-state index contributed by atoms with van der Waals surface area (Å²) < 4.78 is 5.33. The minimum Gasteiger partial charge on any atom is -0.379 e. The molecule has 7 heteroatoms. The summed E-state index contributed by atoms with van der Waals surface area (Å²) >= 11 is 11.2. The maximum absolute atomic E-state index is 5.91. The van der Waals surface area contributed by atoms with Gasteiger partial charge < -0.3 is 10.1 Å². The average molecular weight is 355 g/mol. The van der Waals surface area contributed by atoms with Crippen LogP contribution < -0.4 is 10.7 Å². The van der Waals surface area contributed by atoms with Crippen LogP contribution >= 0.6 is 23.8 Å². The van der Waals surface area contributed by atoms with Crippen LogP contribution in [0.3, 0.4) is 0 Å². The predicted molar refractivity (Wildman–Crippen MR) is 99.3 cm³/mol. The Kier molecular flexibility index (Phi) is 7.74. The molecule has 1 aromatic carbocycles. The molecule has 0 aromatic heterocycles. The zero-order valence-electron chi connectivity index (χ0n) is 13.3. The number of hydrazone groups is 1. The van der Waals surface area contributed by atoms with Gasteiger partial charge >= 0.3 is 0 Å². The average Bonchev–Trinajstić information content (AvgIpc) is 2.58. The van der Waals surface area contributed by atoms with Crippen molar-refractivity contribution in [3.05, 3.63) is 34.9 Å². The van der Waals surface area contributed by atoms with Gasteiger partial charge in [0.05, 0.1) is 18.9 Å². The quantitative estimate of drug-likeness (QED) is 0.466. The first-order valence-electron chi connectivity index (χ1n) is 7.85. The van der Waals surface area contributed by atoms with Gasteiger partial charge in [0.25, 0.3) is 0 Å². The topological polar surface area (TPSA) is 48.9 Å². The van der Waals surface area contributed by atoms with E-state index in [-0.39, 0.29) is 0 Å². The number of ether oxygens (including phenoxy) is 1. The Labute approximate surface area is 148 Å². The molecule has 0 amide bonds. The minimum absolute atomic E-state index is 0.540. The van der Waals surface area contributed by atoms with E-state index in [4.69, 9.17) is 28.6 Å². The van der Waals surface area contributed by atoms with Crippen molar-refractivity contribution in [2.45, 2.75) is 13.3 Å². The molecule has 0 spiro atoms. The molecule has 23 heavy (non-hydrogen) atoms. The van der Waals surface area contributed by atoms with Crippen LogP contribution in [0.4, 0.5) is 0 Å². The molecular weight excluding hydrogens is 332 g/mol. The van der Waals surface area contributed by atoms with Gasteiger partial charge in [0.2, 0.25) is 0 Å². The molecule has 5 nitrogen and oxygen atoms in total. The summed E-state index contributed by atoms with van der Waals surface area (Å²) in [7, 11) is 0. The first-order valence-corrected chi connectivity index (χ1v) is 8.64. The predicted octanol–water partition coefficient (Wildman–Crippen LogP) is 2.25. The van der Waals surface area contributed by atoms with Crippen LogP contribution in [0.25, 0.3) is 0 Å². The Balaban J connectivity index is 1.75. The van der Waals surface area contributed by atoms with E-state index in [1.165, 1.54) is 0 Å². The van der Waals surface area contributed by atoms with E-state index in [0.717, 1.165) is 62.1 Å². The molecule has 1 saturated heterocycles. The number of benzene rings is 1. The second-order valence-electron chi connectivity index (χ2n) is 5.24. The SMILES string of the molecule is CC/C(=N/NC(=S)NCCN1CCOCC1)c1ccc(Cl)cc1. The third-order valence-corrected chi connectivity index (χ3v) is 4.11. The highest BCUT2D eigenvalue weighted by atomic mass is 35.5. The highest BCUT2D eigenvalue weighted by Gasteiger charge is 2.09. The molecule has 1 heterocycles. The summed E-state index contributed by atoms with van der Waals surface area (Å²) in [5.74, 6) is 0. The van der Waals surface area contributed by atoms with Crippen molar-refractivity contribution in [3.63, 3.8) is 0 Å². The standard InChI is InChI=1S/C16H23ClN4OS/c1-2-15(13-3-5-14(17)6-4-13)19-20-16(23)18-7-8-21-9-11-22-12-10-21/h3-6H,2,7-12H2,1H3,(H2,18,20,23)/b19-15-. The zero-order chi connectivity index (χ0) is 16.5. The van der Waals surface area contributed by atoms with Crippen molar-refractivity contribution in [3.8, 4) is 0 Å². The van der Waals surface area contributed by atoms with Gasteiger partial charge in [-0.3, -0.25) is 10.3 Å². The summed E-state index contributed by atoms with van der Waals surface area (Å²) in [6, 6.07) is 7.64. The van der Waals surface area contributed by atoms with Gasteiger partial charge in [0.1, 0.15) is 0 Å². The van der Waals surface area contributed by atoms with Crippen LogP contribution in [0.1, 0.15) is 18.9 Å². The number of rotatable bonds is 6. The molecular formula is C16H23ClN4OS. The fourth-order valence-corrected chi connectivity index (χ4v) is 2.57. The van der Waals surface area contributed by atoms with Gasteiger partial charge in [-0.05, 0) is 36.3 Å². The van der Waals surface area contributed by atoms with Gasteiger partial charge in [-0.15, -0.1) is 0 Å². The van der Waals surface area contributed by atoms with E-state index in [9.17, 15) is 0 Å². The first kappa shape index (κ1) is 18.1. The van der Waals surface area contributed by atoms with Crippen molar-refractivity contribution in [1.82, 2.24) is 15.6 Å². The molecule has 2 N–H and O–H groups in total. The second kappa shape index (κ2) is 9.82. The molecule has 1 aliphatic heterocycles. The number of thiocarbonyl (C=S) groups is 1. The van der Waals surface area contributed by atoms with Gasteiger partial charge in [0, 0.05) is 31.2 Å². The molecule has 1 aromatic rings. The van der Waals surface area contributed by atoms with Crippen LogP contribution in [0, 0.1) is 0 Å². The lowest BCUT2D eigenvalue weighted by molar-refractivity contribution is 0.0389. The van der Waals surface area contributed by atoms with Gasteiger partial charge in [-0.25, -0.2) is 0 Å². The highest BCUT2D eigenvalue weighted by Crippen LogP contribution is 2.11. The summed E-state index contributed by atoms with van der Waals surface area (Å²) in [6.45, 7) is 7.40. The number of halogens is 1. The van der Waals surface area contributed by atoms with Crippen molar-refractivity contribution in [1.29, 1.82) is 0 Å². The number of nitrogens with zero attached hydrogens (tertiary/aromatic N) is 2. The molecule has 0 unspecified atom stereocenters.